The lowest BCUT2D eigenvalue weighted by Crippen LogP contribution is -2.21. The summed E-state index contributed by atoms with van der Waals surface area (Å²) < 4.78 is 137. The van der Waals surface area contributed by atoms with Crippen molar-refractivity contribution in [2.75, 3.05) is 6.61 Å². The van der Waals surface area contributed by atoms with Crippen molar-refractivity contribution in [1.82, 2.24) is 0 Å². The maximum atomic E-state index is 10.9. The van der Waals surface area contributed by atoms with Crippen molar-refractivity contribution in [2.24, 2.45) is 29.6 Å². The van der Waals surface area contributed by atoms with Gasteiger partial charge in [0, 0.05) is 10.1 Å². The van der Waals surface area contributed by atoms with E-state index in [9.17, 15) is 47.7 Å². The van der Waals surface area contributed by atoms with Crippen molar-refractivity contribution < 1.29 is 64.4 Å². The second-order valence-electron chi connectivity index (χ2n) is 21.3. The standard InChI is InChI=1S/C17H36O4S.C16H34O4S.C14H30O4S.C9H20O3S/c1-5-9-10-16(8-4)12-14-17(21-22(18,19)20)13-11-15(6-2)7-3;1-3-5-7-9-10-11-13-15-16(20-21(17,18)19)14-12-8-6-4-2;1-5-7-8-13(6-2)9-10-14(11-12(3)4)18-19(15,16)17;1-4-6-7-9(5-2)8-12-13(3,10)11/h15-17H,5-14H2,1-4H3,(H,18,19,20);16H,3-15H2,1-2H3,(H,17,18,19);12-14H,5-11H2,1-4H3,(H,15,16,17);9H,3-8H2,1-2H3,(H,10,11)/p-4. The van der Waals surface area contributed by atoms with Gasteiger partial charge in [0.05, 0.1) is 24.9 Å². The second-order valence-corrected chi connectivity index (χ2v) is 25.7. The molecule has 7 unspecified atom stereocenters. The van der Waals surface area contributed by atoms with Gasteiger partial charge in [-0.3, -0.25) is 16.8 Å². The average molecular weight is 1160 g/mol. The molecule has 0 saturated carbocycles. The Morgan fingerprint density at radius 2 is 0.640 bits per heavy atom. The van der Waals surface area contributed by atoms with Crippen LogP contribution in [-0.2, 0) is 58.0 Å². The lowest BCUT2D eigenvalue weighted by Gasteiger charge is -2.23. The molecule has 0 aliphatic rings. The molecule has 0 spiro atoms. The van der Waals surface area contributed by atoms with Crippen LogP contribution >= 0.6 is 0 Å². The predicted molar refractivity (Wildman–Crippen MR) is 308 cm³/mol. The minimum absolute atomic E-state index is 0.280. The highest BCUT2D eigenvalue weighted by Gasteiger charge is 2.19. The Bertz CT molecular complexity index is 1670. The van der Waals surface area contributed by atoms with Crippen molar-refractivity contribution in [3.8, 4) is 0 Å². The maximum Gasteiger partial charge on any atom is 0.217 e. The van der Waals surface area contributed by atoms with E-state index < -0.39 is 59.6 Å². The molecule has 0 rings (SSSR count). The van der Waals surface area contributed by atoms with Gasteiger partial charge in [0.25, 0.3) is 0 Å². The molecule has 0 fully saturated rings. The van der Waals surface area contributed by atoms with E-state index in [0.29, 0.717) is 68.1 Å². The molecule has 0 aliphatic heterocycles. The van der Waals surface area contributed by atoms with Crippen LogP contribution in [0.5, 0.6) is 0 Å². The summed E-state index contributed by atoms with van der Waals surface area (Å²) in [4.78, 5) is 0. The first-order chi connectivity index (χ1) is 35.1. The first kappa shape index (κ1) is 81.0. The molecule has 0 amide bonds. The van der Waals surface area contributed by atoms with Gasteiger partial charge in [0.15, 0.2) is 0 Å². The smallest absolute Gasteiger partial charge is 0.217 e. The molecule has 0 N–H and O–H groups in total. The van der Waals surface area contributed by atoms with E-state index in [2.05, 4.69) is 80.7 Å². The summed E-state index contributed by atoms with van der Waals surface area (Å²) >= 11 is 0. The summed E-state index contributed by atoms with van der Waals surface area (Å²) in [6, 6.07) is 0. The quantitative estimate of drug-likeness (QED) is 0.0238. The molecule has 0 heterocycles. The third-order valence-electron chi connectivity index (χ3n) is 14.0. The molecule has 19 heteroatoms. The number of unbranched alkanes of at least 4 members (excludes halogenated alkanes) is 12. The van der Waals surface area contributed by atoms with Crippen LogP contribution in [0.3, 0.4) is 0 Å². The largest absolute Gasteiger partial charge is 0.757 e. The topological polar surface area (TPSA) is 249 Å². The van der Waals surface area contributed by atoms with Crippen molar-refractivity contribution in [1.29, 1.82) is 0 Å². The number of rotatable bonds is 47. The molecule has 458 valence electrons. The van der Waals surface area contributed by atoms with Crippen LogP contribution in [0.4, 0.5) is 0 Å². The van der Waals surface area contributed by atoms with E-state index >= 15 is 0 Å². The molecule has 0 aromatic rings. The predicted octanol–water partition coefficient (Wildman–Crippen LogP) is 15.8. The van der Waals surface area contributed by atoms with Crippen LogP contribution in [0.15, 0.2) is 0 Å². The molecule has 0 aromatic heterocycles. The van der Waals surface area contributed by atoms with Crippen LogP contribution in [-0.4, -0.2) is 78.5 Å². The third kappa shape index (κ3) is 64.3. The highest BCUT2D eigenvalue weighted by Crippen LogP contribution is 2.26. The first-order valence-corrected chi connectivity index (χ1v) is 35.3. The average Bonchev–Trinajstić information content (AvgIpc) is 3.31. The highest BCUT2D eigenvalue weighted by molar-refractivity contribution is 7.90. The van der Waals surface area contributed by atoms with Gasteiger partial charge >= 0.3 is 0 Å². The second kappa shape index (κ2) is 51.7. The molecule has 0 radical (unpaired) electrons. The van der Waals surface area contributed by atoms with Crippen molar-refractivity contribution in [2.45, 2.75) is 320 Å². The van der Waals surface area contributed by atoms with E-state index in [1.165, 1.54) is 70.6 Å². The Hall–Kier alpha value is -0.450. The summed E-state index contributed by atoms with van der Waals surface area (Å²) in [7, 11) is -17.3. The zero-order chi connectivity index (χ0) is 58.2. The Morgan fingerprint density at radius 1 is 0.347 bits per heavy atom. The minimum atomic E-state index is -4.61. The zero-order valence-electron chi connectivity index (χ0n) is 49.8. The molecule has 0 aliphatic carbocycles. The van der Waals surface area contributed by atoms with Crippen LogP contribution in [0.1, 0.15) is 301 Å². The van der Waals surface area contributed by atoms with Crippen molar-refractivity contribution >= 4 is 47.2 Å². The third-order valence-corrected chi connectivity index (χ3v) is 16.0. The Kier molecular flexibility index (Phi) is 55.8. The van der Waals surface area contributed by atoms with E-state index in [1.54, 1.807) is 0 Å². The van der Waals surface area contributed by atoms with E-state index in [-0.39, 0.29) is 6.61 Å². The van der Waals surface area contributed by atoms with E-state index in [4.69, 9.17) is 4.18 Å². The maximum absolute atomic E-state index is 10.9. The van der Waals surface area contributed by atoms with Crippen LogP contribution in [0.25, 0.3) is 0 Å². The summed E-state index contributed by atoms with van der Waals surface area (Å²) in [5.41, 5.74) is 0. The lowest BCUT2D eigenvalue weighted by atomic mass is 9.90. The highest BCUT2D eigenvalue weighted by atomic mass is 32.3. The molecular weight excluding hydrogens is 1040 g/mol. The fraction of sp³-hybridized carbons (Fsp3) is 0.982. The molecule has 15 nitrogen and oxygen atoms in total. The van der Waals surface area contributed by atoms with Gasteiger partial charge in [-0.2, -0.15) is 0 Å². The van der Waals surface area contributed by atoms with E-state index in [1.807, 2.05) is 20.8 Å². The van der Waals surface area contributed by atoms with Crippen molar-refractivity contribution in [3.63, 3.8) is 0 Å². The first-order valence-electron chi connectivity index (χ1n) is 29.8. The van der Waals surface area contributed by atoms with Gasteiger partial charge < -0.3 is 22.4 Å². The van der Waals surface area contributed by atoms with Gasteiger partial charge in [0.1, 0.15) is 0 Å². The minimum Gasteiger partial charge on any atom is -0.757 e. The monoisotopic (exact) mass is 1160 g/mol. The fourth-order valence-electron chi connectivity index (χ4n) is 8.99. The summed E-state index contributed by atoms with van der Waals surface area (Å²) in [5, 5.41) is 0. The fourth-order valence-corrected chi connectivity index (χ4v) is 11.0. The molecule has 75 heavy (non-hydrogen) atoms. The van der Waals surface area contributed by atoms with Crippen LogP contribution in [0, 0.1) is 29.6 Å². The van der Waals surface area contributed by atoms with Gasteiger partial charge in [-0.1, -0.05) is 237 Å². The van der Waals surface area contributed by atoms with E-state index in [0.717, 1.165) is 109 Å². The zero-order valence-corrected chi connectivity index (χ0v) is 53.1. The number of hydrogen-bond acceptors (Lipinski definition) is 15. The summed E-state index contributed by atoms with van der Waals surface area (Å²) in [6.07, 6.45) is 33.8. The van der Waals surface area contributed by atoms with Gasteiger partial charge in [-0.25, -0.2) is 25.3 Å². The van der Waals surface area contributed by atoms with Gasteiger partial charge in [0.2, 0.25) is 31.2 Å². The summed E-state index contributed by atoms with van der Waals surface area (Å²) in [5.74, 6) is 5.37. The van der Waals surface area contributed by atoms with Crippen LogP contribution < -0.4 is 0 Å². The Balaban J connectivity index is -0.000000455. The molecule has 0 saturated heterocycles. The SMILES string of the molecule is C=S(=O)([O-])OCC(CC)CCCC.CCCCC(CC)CCC(CC(C)C)OS(=O)(=O)[O-].CCCCC(CC)CCC(CCC(CC)CC)OS(=O)(=O)[O-].CCCCCCCCCC(CCCCCC)OS(=O)(=O)[O-]. The van der Waals surface area contributed by atoms with Gasteiger partial charge in [-0.15, -0.1) is 0 Å². The molecular formula is C56H116O15S4-4. The molecule has 7 atom stereocenters. The number of hydrogen-bond donors (Lipinski definition) is 0. The molecule has 0 bridgehead atoms. The lowest BCUT2D eigenvalue weighted by molar-refractivity contribution is 0.138. The summed E-state index contributed by atoms with van der Waals surface area (Å²) in [6.45, 7) is 25.7. The van der Waals surface area contributed by atoms with Gasteiger partial charge in [-0.05, 0) is 99.7 Å². The molecule has 0 aromatic carbocycles. The van der Waals surface area contributed by atoms with Crippen LogP contribution in [0.2, 0.25) is 0 Å². The normalized spacial score (nSPS) is 15.3. The Labute approximate surface area is 465 Å². The van der Waals surface area contributed by atoms with Crippen molar-refractivity contribution in [3.05, 3.63) is 0 Å². The Morgan fingerprint density at radius 3 is 0.973 bits per heavy atom.